The molecule has 0 amide bonds. The molecule has 0 aliphatic heterocycles. The molecule has 0 aliphatic carbocycles. The SMILES string of the molecule is Cc1ccc(Cc2nncn2CC(C)C)cc1. The van der Waals surface area contributed by atoms with Crippen molar-refractivity contribution < 1.29 is 0 Å². The Balaban J connectivity index is 2.13. The zero-order valence-corrected chi connectivity index (χ0v) is 10.7. The lowest BCUT2D eigenvalue weighted by Crippen LogP contribution is -2.08. The van der Waals surface area contributed by atoms with Gasteiger partial charge in [0.15, 0.2) is 0 Å². The maximum Gasteiger partial charge on any atom is 0.137 e. The van der Waals surface area contributed by atoms with Crippen LogP contribution in [-0.4, -0.2) is 14.8 Å². The van der Waals surface area contributed by atoms with E-state index in [-0.39, 0.29) is 0 Å². The second-order valence-corrected chi connectivity index (χ2v) is 4.96. The van der Waals surface area contributed by atoms with Crippen LogP contribution in [0.1, 0.15) is 30.8 Å². The average Bonchev–Trinajstić information content (AvgIpc) is 2.68. The summed E-state index contributed by atoms with van der Waals surface area (Å²) in [5, 5.41) is 8.20. The normalized spacial score (nSPS) is 11.1. The van der Waals surface area contributed by atoms with Crippen molar-refractivity contribution in [3.63, 3.8) is 0 Å². The largest absolute Gasteiger partial charge is 0.317 e. The Kier molecular flexibility index (Phi) is 3.57. The monoisotopic (exact) mass is 229 g/mol. The molecule has 3 nitrogen and oxygen atoms in total. The molecule has 17 heavy (non-hydrogen) atoms. The number of rotatable bonds is 4. The molecule has 0 spiro atoms. The van der Waals surface area contributed by atoms with Crippen LogP contribution in [0.4, 0.5) is 0 Å². The Morgan fingerprint density at radius 3 is 2.53 bits per heavy atom. The van der Waals surface area contributed by atoms with Crippen molar-refractivity contribution in [2.75, 3.05) is 0 Å². The Morgan fingerprint density at radius 2 is 1.88 bits per heavy atom. The standard InChI is InChI=1S/C14H19N3/c1-11(2)9-17-10-15-16-14(17)8-13-6-4-12(3)5-7-13/h4-7,10-11H,8-9H2,1-3H3. The molecule has 1 aromatic carbocycles. The van der Waals surface area contributed by atoms with Gasteiger partial charge in [0.05, 0.1) is 0 Å². The van der Waals surface area contributed by atoms with E-state index in [1.54, 1.807) is 0 Å². The fourth-order valence-electron chi connectivity index (χ4n) is 1.85. The lowest BCUT2D eigenvalue weighted by atomic mass is 10.1. The Hall–Kier alpha value is -1.64. The van der Waals surface area contributed by atoms with Crippen LogP contribution in [-0.2, 0) is 13.0 Å². The first-order chi connectivity index (χ1) is 8.15. The van der Waals surface area contributed by atoms with E-state index in [4.69, 9.17) is 0 Å². The molecule has 1 aromatic heterocycles. The summed E-state index contributed by atoms with van der Waals surface area (Å²) >= 11 is 0. The number of nitrogens with zero attached hydrogens (tertiary/aromatic N) is 3. The van der Waals surface area contributed by atoms with E-state index in [2.05, 4.69) is 59.8 Å². The molecule has 0 saturated carbocycles. The maximum atomic E-state index is 4.20. The summed E-state index contributed by atoms with van der Waals surface area (Å²) < 4.78 is 2.14. The van der Waals surface area contributed by atoms with Gasteiger partial charge in [0.2, 0.25) is 0 Å². The second-order valence-electron chi connectivity index (χ2n) is 4.96. The highest BCUT2D eigenvalue weighted by Gasteiger charge is 2.06. The minimum Gasteiger partial charge on any atom is -0.317 e. The predicted octanol–water partition coefficient (Wildman–Crippen LogP) is 2.83. The van der Waals surface area contributed by atoms with Crippen LogP contribution in [0.5, 0.6) is 0 Å². The number of aryl methyl sites for hydroxylation is 1. The van der Waals surface area contributed by atoms with E-state index in [9.17, 15) is 0 Å². The van der Waals surface area contributed by atoms with Crippen molar-refractivity contribution in [1.29, 1.82) is 0 Å². The van der Waals surface area contributed by atoms with Crippen molar-refractivity contribution in [1.82, 2.24) is 14.8 Å². The summed E-state index contributed by atoms with van der Waals surface area (Å²) in [5.41, 5.74) is 2.58. The molecule has 0 bridgehead atoms. The smallest absolute Gasteiger partial charge is 0.137 e. The first-order valence-corrected chi connectivity index (χ1v) is 6.07. The third-order valence-electron chi connectivity index (χ3n) is 2.74. The number of hydrogen-bond acceptors (Lipinski definition) is 2. The minimum atomic E-state index is 0.614. The Labute approximate surface area is 103 Å². The number of aromatic nitrogens is 3. The van der Waals surface area contributed by atoms with E-state index in [0.29, 0.717) is 5.92 Å². The molecule has 0 N–H and O–H groups in total. The molecule has 3 heteroatoms. The number of hydrogen-bond donors (Lipinski definition) is 0. The van der Waals surface area contributed by atoms with E-state index in [1.807, 2.05) is 6.33 Å². The molecule has 2 aromatic rings. The second kappa shape index (κ2) is 5.13. The highest BCUT2D eigenvalue weighted by Crippen LogP contribution is 2.10. The zero-order chi connectivity index (χ0) is 12.3. The third kappa shape index (κ3) is 3.16. The van der Waals surface area contributed by atoms with Crippen molar-refractivity contribution >= 4 is 0 Å². The Bertz CT molecular complexity index is 468. The topological polar surface area (TPSA) is 30.7 Å². The summed E-state index contributed by atoms with van der Waals surface area (Å²) in [7, 11) is 0. The van der Waals surface area contributed by atoms with Gasteiger partial charge in [0.25, 0.3) is 0 Å². The summed E-state index contributed by atoms with van der Waals surface area (Å²) in [6.07, 6.45) is 2.68. The van der Waals surface area contributed by atoms with E-state index < -0.39 is 0 Å². The van der Waals surface area contributed by atoms with Gasteiger partial charge in [-0.05, 0) is 18.4 Å². The number of benzene rings is 1. The molecule has 0 radical (unpaired) electrons. The highest BCUT2D eigenvalue weighted by atomic mass is 15.3. The molecule has 0 atom stereocenters. The van der Waals surface area contributed by atoms with E-state index >= 15 is 0 Å². The third-order valence-corrected chi connectivity index (χ3v) is 2.74. The van der Waals surface area contributed by atoms with E-state index in [1.165, 1.54) is 11.1 Å². The van der Waals surface area contributed by atoms with Gasteiger partial charge in [0, 0.05) is 13.0 Å². The highest BCUT2D eigenvalue weighted by molar-refractivity contribution is 5.23. The molecule has 0 unspecified atom stereocenters. The molecule has 2 rings (SSSR count). The summed E-state index contributed by atoms with van der Waals surface area (Å²) in [4.78, 5) is 0. The van der Waals surface area contributed by atoms with Crippen molar-refractivity contribution in [3.8, 4) is 0 Å². The lowest BCUT2D eigenvalue weighted by molar-refractivity contribution is 0.509. The van der Waals surface area contributed by atoms with Gasteiger partial charge in [-0.25, -0.2) is 0 Å². The molecule has 1 heterocycles. The summed E-state index contributed by atoms with van der Waals surface area (Å²) in [6, 6.07) is 8.59. The lowest BCUT2D eigenvalue weighted by Gasteiger charge is -2.09. The van der Waals surface area contributed by atoms with Crippen molar-refractivity contribution in [2.24, 2.45) is 5.92 Å². The molecule has 90 valence electrons. The van der Waals surface area contributed by atoms with Gasteiger partial charge in [-0.2, -0.15) is 0 Å². The Morgan fingerprint density at radius 1 is 1.18 bits per heavy atom. The van der Waals surface area contributed by atoms with Crippen LogP contribution in [0.2, 0.25) is 0 Å². The minimum absolute atomic E-state index is 0.614. The van der Waals surface area contributed by atoms with Crippen LogP contribution in [0.25, 0.3) is 0 Å². The van der Waals surface area contributed by atoms with Gasteiger partial charge >= 0.3 is 0 Å². The molecule has 0 aliphatic rings. The summed E-state index contributed by atoms with van der Waals surface area (Å²) in [5.74, 6) is 1.66. The molecular formula is C14H19N3. The first kappa shape index (κ1) is 11.8. The van der Waals surface area contributed by atoms with Gasteiger partial charge in [-0.3, -0.25) is 0 Å². The van der Waals surface area contributed by atoms with Crippen LogP contribution < -0.4 is 0 Å². The average molecular weight is 229 g/mol. The van der Waals surface area contributed by atoms with Crippen LogP contribution in [0.15, 0.2) is 30.6 Å². The van der Waals surface area contributed by atoms with Gasteiger partial charge in [0.1, 0.15) is 12.2 Å². The van der Waals surface area contributed by atoms with Crippen LogP contribution >= 0.6 is 0 Å². The fourth-order valence-corrected chi connectivity index (χ4v) is 1.85. The van der Waals surface area contributed by atoms with Crippen LogP contribution in [0, 0.1) is 12.8 Å². The zero-order valence-electron chi connectivity index (χ0n) is 10.7. The quantitative estimate of drug-likeness (QED) is 0.807. The first-order valence-electron chi connectivity index (χ1n) is 6.07. The molecule has 0 saturated heterocycles. The molecular weight excluding hydrogens is 210 g/mol. The maximum absolute atomic E-state index is 4.20. The van der Waals surface area contributed by atoms with Gasteiger partial charge in [-0.15, -0.1) is 10.2 Å². The summed E-state index contributed by atoms with van der Waals surface area (Å²) in [6.45, 7) is 7.49. The molecule has 0 fully saturated rings. The van der Waals surface area contributed by atoms with Gasteiger partial charge < -0.3 is 4.57 Å². The van der Waals surface area contributed by atoms with Crippen LogP contribution in [0.3, 0.4) is 0 Å². The van der Waals surface area contributed by atoms with Crippen molar-refractivity contribution in [2.45, 2.75) is 33.7 Å². The fraction of sp³-hybridized carbons (Fsp3) is 0.429. The predicted molar refractivity (Wildman–Crippen MR) is 68.8 cm³/mol. The van der Waals surface area contributed by atoms with Gasteiger partial charge in [-0.1, -0.05) is 43.7 Å². The van der Waals surface area contributed by atoms with Crippen molar-refractivity contribution in [3.05, 3.63) is 47.5 Å². The van der Waals surface area contributed by atoms with E-state index in [0.717, 1.165) is 18.8 Å².